The molecule has 1 saturated carbocycles. The molecular weight excluding hydrogens is 350 g/mol. The van der Waals surface area contributed by atoms with Crippen LogP contribution in [-0.2, 0) is 9.59 Å². The highest BCUT2D eigenvalue weighted by atomic mass is 79.9. The normalized spacial score (nSPS) is 20.4. The molecule has 0 aliphatic heterocycles. The number of benzene rings is 1. The lowest BCUT2D eigenvalue weighted by Gasteiger charge is -2.13. The third kappa shape index (κ3) is 3.24. The topological polar surface area (TPSA) is 75.6 Å². The van der Waals surface area contributed by atoms with Crippen LogP contribution in [0.25, 0.3) is 0 Å². The van der Waals surface area contributed by atoms with Crippen LogP contribution in [0.3, 0.4) is 0 Å². The monoisotopic (exact) mass is 361 g/mol. The molecule has 2 atom stereocenters. The van der Waals surface area contributed by atoms with Crippen molar-refractivity contribution in [1.82, 2.24) is 0 Å². The molecule has 2 N–H and O–H groups in total. The molecule has 0 saturated heterocycles. The Morgan fingerprint density at radius 1 is 1.50 bits per heavy atom. The van der Waals surface area contributed by atoms with Gasteiger partial charge in [0.1, 0.15) is 0 Å². The van der Waals surface area contributed by atoms with E-state index in [-0.39, 0.29) is 5.91 Å². The standard InChI is InChI=1S/C13H13BrClNO4/c1-2-20-11-9(14)3-6(15)4-10(11)16-12(17)7-5-8(7)13(18)19/h3-4,7-8H,2,5H2,1H3,(H,16,17)(H,18,19)/t7-,8+/m1/s1. The molecule has 7 heteroatoms. The van der Waals surface area contributed by atoms with E-state index in [1.165, 1.54) is 0 Å². The molecule has 108 valence electrons. The predicted octanol–water partition coefficient (Wildman–Crippen LogP) is 3.16. The fraction of sp³-hybridized carbons (Fsp3) is 0.385. The summed E-state index contributed by atoms with van der Waals surface area (Å²) in [5.41, 5.74) is 0.437. The first-order valence-electron chi connectivity index (χ1n) is 6.09. The van der Waals surface area contributed by atoms with Crippen LogP contribution in [-0.4, -0.2) is 23.6 Å². The number of hydrogen-bond donors (Lipinski definition) is 2. The Morgan fingerprint density at radius 2 is 2.20 bits per heavy atom. The van der Waals surface area contributed by atoms with Crippen molar-refractivity contribution in [3.63, 3.8) is 0 Å². The van der Waals surface area contributed by atoms with Crippen molar-refractivity contribution in [2.24, 2.45) is 11.8 Å². The number of rotatable bonds is 5. The van der Waals surface area contributed by atoms with Crippen LogP contribution in [0.4, 0.5) is 5.69 Å². The van der Waals surface area contributed by atoms with Crippen LogP contribution >= 0.6 is 27.5 Å². The van der Waals surface area contributed by atoms with E-state index >= 15 is 0 Å². The van der Waals surface area contributed by atoms with Crippen LogP contribution in [0.5, 0.6) is 5.75 Å². The highest BCUT2D eigenvalue weighted by Crippen LogP contribution is 2.41. The van der Waals surface area contributed by atoms with E-state index in [9.17, 15) is 9.59 Å². The van der Waals surface area contributed by atoms with Crippen molar-refractivity contribution < 1.29 is 19.4 Å². The lowest BCUT2D eigenvalue weighted by Crippen LogP contribution is -2.17. The van der Waals surface area contributed by atoms with E-state index in [2.05, 4.69) is 21.2 Å². The summed E-state index contributed by atoms with van der Waals surface area (Å²) in [6, 6.07) is 3.24. The number of carboxylic acids is 1. The summed E-state index contributed by atoms with van der Waals surface area (Å²) in [7, 11) is 0. The predicted molar refractivity (Wildman–Crippen MR) is 78.2 cm³/mol. The molecule has 0 bridgehead atoms. The Bertz CT molecular complexity index is 564. The minimum atomic E-state index is -0.942. The summed E-state index contributed by atoms with van der Waals surface area (Å²) in [5.74, 6) is -1.86. The summed E-state index contributed by atoms with van der Waals surface area (Å²) in [6.45, 7) is 2.26. The van der Waals surface area contributed by atoms with Gasteiger partial charge in [0.2, 0.25) is 5.91 Å². The molecule has 0 aromatic heterocycles. The van der Waals surface area contributed by atoms with Gasteiger partial charge in [-0.05, 0) is 41.4 Å². The smallest absolute Gasteiger partial charge is 0.307 e. The first kappa shape index (κ1) is 15.1. The molecule has 2 rings (SSSR count). The molecule has 0 unspecified atom stereocenters. The zero-order valence-electron chi connectivity index (χ0n) is 10.7. The average molecular weight is 363 g/mol. The molecular formula is C13H13BrClNO4. The molecule has 1 aromatic carbocycles. The van der Waals surface area contributed by atoms with Crippen molar-refractivity contribution in [1.29, 1.82) is 0 Å². The largest absolute Gasteiger partial charge is 0.491 e. The van der Waals surface area contributed by atoms with E-state index in [0.29, 0.717) is 34.0 Å². The summed E-state index contributed by atoms with van der Waals surface area (Å²) in [5, 5.41) is 12.0. The fourth-order valence-electron chi connectivity index (χ4n) is 1.93. The van der Waals surface area contributed by atoms with E-state index in [4.69, 9.17) is 21.4 Å². The van der Waals surface area contributed by atoms with Gasteiger partial charge in [0.15, 0.2) is 5.75 Å². The molecule has 20 heavy (non-hydrogen) atoms. The minimum absolute atomic E-state index is 0.326. The first-order chi connectivity index (χ1) is 9.43. The number of anilines is 1. The zero-order chi connectivity index (χ0) is 14.9. The fourth-order valence-corrected chi connectivity index (χ4v) is 2.85. The van der Waals surface area contributed by atoms with Gasteiger partial charge in [0.05, 0.1) is 28.6 Å². The lowest BCUT2D eigenvalue weighted by molar-refractivity contribution is -0.139. The number of ether oxygens (including phenoxy) is 1. The van der Waals surface area contributed by atoms with E-state index in [0.717, 1.165) is 0 Å². The number of carboxylic acid groups (broad SMARTS) is 1. The Morgan fingerprint density at radius 3 is 2.75 bits per heavy atom. The number of hydrogen-bond acceptors (Lipinski definition) is 3. The van der Waals surface area contributed by atoms with E-state index in [1.54, 1.807) is 12.1 Å². The Hall–Kier alpha value is -1.27. The number of nitrogens with one attached hydrogen (secondary N) is 1. The molecule has 1 aromatic rings. The molecule has 1 aliphatic rings. The third-order valence-corrected chi connectivity index (χ3v) is 3.81. The third-order valence-electron chi connectivity index (χ3n) is 3.00. The van der Waals surface area contributed by atoms with Gasteiger partial charge in [-0.15, -0.1) is 0 Å². The summed E-state index contributed by atoms with van der Waals surface area (Å²) in [4.78, 5) is 22.8. The maximum Gasteiger partial charge on any atom is 0.307 e. The van der Waals surface area contributed by atoms with E-state index in [1.807, 2.05) is 6.92 Å². The molecule has 5 nitrogen and oxygen atoms in total. The highest BCUT2D eigenvalue weighted by molar-refractivity contribution is 9.10. The molecule has 0 heterocycles. The molecule has 0 radical (unpaired) electrons. The van der Waals surface area contributed by atoms with Crippen LogP contribution in [0, 0.1) is 11.8 Å². The minimum Gasteiger partial charge on any atom is -0.491 e. The van der Waals surface area contributed by atoms with Crippen LogP contribution in [0.15, 0.2) is 16.6 Å². The quantitative estimate of drug-likeness (QED) is 0.843. The van der Waals surface area contributed by atoms with Crippen molar-refractivity contribution in [3.8, 4) is 5.75 Å². The van der Waals surface area contributed by atoms with Gasteiger partial charge in [0, 0.05) is 5.02 Å². The first-order valence-corrected chi connectivity index (χ1v) is 7.26. The number of aliphatic carboxylic acids is 1. The number of carbonyl (C=O) groups is 2. The number of amides is 1. The van der Waals surface area contributed by atoms with Gasteiger partial charge < -0.3 is 15.2 Å². The van der Waals surface area contributed by atoms with Crippen molar-refractivity contribution in [2.45, 2.75) is 13.3 Å². The second-order valence-corrected chi connectivity index (χ2v) is 5.76. The molecule has 0 spiro atoms. The molecule has 1 amide bonds. The van der Waals surface area contributed by atoms with Gasteiger partial charge in [0.25, 0.3) is 0 Å². The summed E-state index contributed by atoms with van der Waals surface area (Å²) >= 11 is 9.27. The van der Waals surface area contributed by atoms with Crippen LogP contribution in [0.1, 0.15) is 13.3 Å². The van der Waals surface area contributed by atoms with E-state index < -0.39 is 17.8 Å². The van der Waals surface area contributed by atoms with Crippen LogP contribution in [0.2, 0.25) is 5.02 Å². The van der Waals surface area contributed by atoms with Crippen molar-refractivity contribution >= 4 is 45.1 Å². The lowest BCUT2D eigenvalue weighted by atomic mass is 10.2. The Kier molecular flexibility index (Phi) is 4.55. The maximum atomic E-state index is 12.0. The zero-order valence-corrected chi connectivity index (χ0v) is 13.0. The van der Waals surface area contributed by atoms with Crippen LogP contribution < -0.4 is 10.1 Å². The second-order valence-electron chi connectivity index (χ2n) is 4.47. The van der Waals surface area contributed by atoms with Gasteiger partial charge in [-0.1, -0.05) is 11.6 Å². The molecule has 1 aliphatic carbocycles. The SMILES string of the molecule is CCOc1c(Br)cc(Cl)cc1NC(=O)[C@@H]1C[C@@H]1C(=O)O. The van der Waals surface area contributed by atoms with Gasteiger partial charge >= 0.3 is 5.97 Å². The van der Waals surface area contributed by atoms with Crippen molar-refractivity contribution in [3.05, 3.63) is 21.6 Å². The highest BCUT2D eigenvalue weighted by Gasteiger charge is 2.48. The Balaban J connectivity index is 2.16. The van der Waals surface area contributed by atoms with Gasteiger partial charge in [-0.25, -0.2) is 0 Å². The second kappa shape index (κ2) is 6.01. The summed E-state index contributed by atoms with van der Waals surface area (Å²) in [6.07, 6.45) is 0.368. The van der Waals surface area contributed by atoms with Gasteiger partial charge in [-0.3, -0.25) is 9.59 Å². The number of halogens is 2. The Labute approximate surface area is 129 Å². The van der Waals surface area contributed by atoms with Crippen molar-refractivity contribution in [2.75, 3.05) is 11.9 Å². The summed E-state index contributed by atoms with van der Waals surface area (Å²) < 4.78 is 6.09. The average Bonchev–Trinajstić information content (AvgIpc) is 3.13. The number of carbonyl (C=O) groups excluding carboxylic acids is 1. The molecule has 1 fully saturated rings. The maximum absolute atomic E-state index is 12.0. The van der Waals surface area contributed by atoms with Gasteiger partial charge in [-0.2, -0.15) is 0 Å².